The Morgan fingerprint density at radius 1 is 0.946 bits per heavy atom. The van der Waals surface area contributed by atoms with Crippen molar-refractivity contribution < 1.29 is 33.8 Å². The van der Waals surface area contributed by atoms with Crippen molar-refractivity contribution in [2.45, 2.75) is 136 Å². The van der Waals surface area contributed by atoms with Crippen molar-refractivity contribution in [2.24, 2.45) is 52.3 Å². The first-order valence-corrected chi connectivity index (χ1v) is 22.0. The van der Waals surface area contributed by atoms with E-state index in [9.17, 15) is 29.4 Å². The fourth-order valence-electron chi connectivity index (χ4n) is 12.7. The van der Waals surface area contributed by atoms with Gasteiger partial charge in [-0.15, -0.1) is 0 Å². The largest absolute Gasteiger partial charge is 0.445 e. The molecule has 2 heterocycles. The summed E-state index contributed by atoms with van der Waals surface area (Å²) >= 11 is 0. The van der Waals surface area contributed by atoms with E-state index in [1.165, 1.54) is 41.6 Å². The lowest BCUT2D eigenvalue weighted by Gasteiger charge is -2.64. The van der Waals surface area contributed by atoms with Gasteiger partial charge in [-0.1, -0.05) is 40.7 Å². The lowest BCUT2D eigenvalue weighted by Crippen LogP contribution is -2.62. The van der Waals surface area contributed by atoms with Gasteiger partial charge in [-0.2, -0.15) is 0 Å². The maximum Gasteiger partial charge on any atom is 0.248 e. The Bertz CT molecular complexity index is 1560. The third kappa shape index (κ3) is 8.79. The molecule has 5 aliphatic rings. The summed E-state index contributed by atoms with van der Waals surface area (Å²) in [7, 11) is 0. The normalized spacial score (nSPS) is 34.6. The van der Waals surface area contributed by atoms with Crippen LogP contribution in [0.2, 0.25) is 0 Å². The highest BCUT2D eigenvalue weighted by molar-refractivity contribution is 5.98. The first-order valence-electron chi connectivity index (χ1n) is 22.0. The highest BCUT2D eigenvalue weighted by Gasteiger charge is 2.64. The molecule has 11 nitrogen and oxygen atoms in total. The number of amides is 4. The van der Waals surface area contributed by atoms with Crippen LogP contribution >= 0.6 is 0 Å². The second-order valence-corrected chi connectivity index (χ2v) is 18.6. The van der Waals surface area contributed by atoms with Gasteiger partial charge in [-0.05, 0) is 135 Å². The molecule has 1 saturated heterocycles. The zero-order valence-corrected chi connectivity index (χ0v) is 34.6. The third-order valence-corrected chi connectivity index (χ3v) is 15.7. The van der Waals surface area contributed by atoms with Crippen molar-refractivity contribution in [3.8, 4) is 0 Å². The van der Waals surface area contributed by atoms with Crippen molar-refractivity contribution >= 4 is 29.5 Å². The second-order valence-electron chi connectivity index (χ2n) is 18.6. The van der Waals surface area contributed by atoms with Gasteiger partial charge in [0.1, 0.15) is 12.3 Å². The Labute approximate surface area is 334 Å². The molecule has 0 aromatic carbocycles. The fraction of sp³-hybridized carbons (Fsp3) is 0.778. The monoisotopic (exact) mass is 779 g/mol. The van der Waals surface area contributed by atoms with Crippen molar-refractivity contribution in [2.75, 3.05) is 37.6 Å². The minimum absolute atomic E-state index is 0.0159. The first kappa shape index (κ1) is 42.4. The number of aryl methyl sites for hydroxylation is 1. The van der Waals surface area contributed by atoms with Crippen LogP contribution in [0.4, 0.5) is 5.88 Å². The van der Waals surface area contributed by atoms with E-state index < -0.39 is 0 Å². The molecule has 0 spiro atoms. The van der Waals surface area contributed by atoms with Gasteiger partial charge in [0.05, 0.1) is 12.2 Å². The molecule has 6 rings (SSSR count). The molecule has 1 aromatic heterocycles. The number of anilines is 1. The molecule has 2 unspecified atom stereocenters. The third-order valence-electron chi connectivity index (χ3n) is 15.7. The van der Waals surface area contributed by atoms with Crippen LogP contribution < -0.4 is 15.5 Å². The van der Waals surface area contributed by atoms with Crippen LogP contribution in [-0.4, -0.2) is 83.7 Å². The van der Waals surface area contributed by atoms with Gasteiger partial charge in [0.2, 0.25) is 29.5 Å². The van der Waals surface area contributed by atoms with E-state index in [2.05, 4.69) is 44.9 Å². The first-order chi connectivity index (χ1) is 26.8. The molecule has 4 saturated carbocycles. The molecule has 4 amide bonds. The standard InChI is InChI=1S/C45H70N4O7/c1-6-32-36-27-30(50)19-21-45(36,5)35-20-22-44(4)33(14-15-34(44)42(35)43(32)55)29(3)11-16-37(51)46-23-9-8-10-24-47-38(52)17-12-31-13-18-41(56-31)49-26-25-48(28-40(49)54)39(53)7-2/h7,13,18,29-30,32-36,42-43,50,55H,2,6,8-12,14-17,19-28H2,1,3-5H3,(H,46,51)(H,47,52)/t29-,30-,32?,33-,34+,35+,36?,42+,43-,44-,45-/m1/s1. The molecule has 11 heteroatoms. The molecule has 1 aromatic rings. The lowest BCUT2D eigenvalue weighted by atomic mass is 9.41. The summed E-state index contributed by atoms with van der Waals surface area (Å²) in [6.07, 6.45) is 14.1. The summed E-state index contributed by atoms with van der Waals surface area (Å²) in [5.41, 5.74) is 0.423. The molecule has 0 bridgehead atoms. The SMILES string of the molecule is C=CC(=O)N1CCN(c2ccc(CCC(=O)NCCCCCNC(=O)CC[C@@H](C)[C@H]3CC[C@H]4[C@@H]5[C@H](O)C(CC)C6C[C@H](O)CC[C@]6(C)[C@H]5CC[C@]34C)o2)C(=O)C1. The zero-order valence-electron chi connectivity index (χ0n) is 34.6. The van der Waals surface area contributed by atoms with E-state index >= 15 is 0 Å². The van der Waals surface area contributed by atoms with Crippen molar-refractivity contribution in [1.82, 2.24) is 15.5 Å². The molecular formula is C45H70N4O7. The van der Waals surface area contributed by atoms with Crippen LogP contribution in [-0.2, 0) is 25.6 Å². The quantitative estimate of drug-likeness (QED) is 0.118. The van der Waals surface area contributed by atoms with E-state index in [-0.39, 0.29) is 65.6 Å². The zero-order chi connectivity index (χ0) is 40.2. The summed E-state index contributed by atoms with van der Waals surface area (Å²) in [5.74, 6) is 3.80. The number of furan rings is 1. The predicted molar refractivity (Wildman–Crippen MR) is 216 cm³/mol. The van der Waals surface area contributed by atoms with E-state index in [1.54, 1.807) is 12.1 Å². The van der Waals surface area contributed by atoms with Gasteiger partial charge in [-0.25, -0.2) is 0 Å². The Kier molecular flexibility index (Phi) is 13.8. The number of nitrogens with zero attached hydrogens (tertiary/aromatic N) is 2. The highest BCUT2D eigenvalue weighted by Crippen LogP contribution is 2.69. The number of carbonyl (C=O) groups is 4. The molecule has 56 heavy (non-hydrogen) atoms. The Balaban J connectivity index is 0.846. The lowest BCUT2D eigenvalue weighted by molar-refractivity contribution is -0.203. The number of carbonyl (C=O) groups excluding carboxylic acids is 4. The number of piperazine rings is 1. The second kappa shape index (κ2) is 18.2. The summed E-state index contributed by atoms with van der Waals surface area (Å²) in [5, 5.41) is 28.7. The van der Waals surface area contributed by atoms with Crippen LogP contribution in [0.1, 0.15) is 123 Å². The predicted octanol–water partition coefficient (Wildman–Crippen LogP) is 6.02. The van der Waals surface area contributed by atoms with E-state index in [1.807, 2.05) is 0 Å². The van der Waals surface area contributed by atoms with E-state index in [4.69, 9.17) is 4.42 Å². The van der Waals surface area contributed by atoms with Gasteiger partial charge < -0.3 is 30.2 Å². The van der Waals surface area contributed by atoms with E-state index in [0.717, 1.165) is 51.4 Å². The van der Waals surface area contributed by atoms with Crippen molar-refractivity contribution in [3.63, 3.8) is 0 Å². The average molecular weight is 779 g/mol. The summed E-state index contributed by atoms with van der Waals surface area (Å²) in [6, 6.07) is 3.51. The van der Waals surface area contributed by atoms with Gasteiger partial charge in [0.25, 0.3) is 0 Å². The number of nitrogens with one attached hydrogen (secondary N) is 2. The number of aliphatic hydroxyl groups is 2. The smallest absolute Gasteiger partial charge is 0.248 e. The van der Waals surface area contributed by atoms with Crippen LogP contribution in [0.15, 0.2) is 29.2 Å². The number of unbranched alkanes of at least 4 members (excludes halogenated alkanes) is 2. The van der Waals surface area contributed by atoms with Crippen molar-refractivity contribution in [3.05, 3.63) is 30.5 Å². The maximum absolute atomic E-state index is 12.9. The Morgan fingerprint density at radius 2 is 1.64 bits per heavy atom. The topological polar surface area (TPSA) is 152 Å². The number of hydrogen-bond acceptors (Lipinski definition) is 7. The fourth-order valence-corrected chi connectivity index (χ4v) is 12.7. The number of hydrogen-bond donors (Lipinski definition) is 4. The molecule has 0 radical (unpaired) electrons. The Hall–Kier alpha value is -3.18. The maximum atomic E-state index is 12.9. The molecular weight excluding hydrogens is 709 g/mol. The number of aliphatic hydroxyl groups excluding tert-OH is 2. The van der Waals surface area contributed by atoms with Crippen molar-refractivity contribution in [1.29, 1.82) is 0 Å². The van der Waals surface area contributed by atoms with Gasteiger partial charge in [-0.3, -0.25) is 24.1 Å². The average Bonchev–Trinajstić information content (AvgIpc) is 3.80. The van der Waals surface area contributed by atoms with Crippen LogP contribution in [0, 0.1) is 52.3 Å². The summed E-state index contributed by atoms with van der Waals surface area (Å²) < 4.78 is 5.84. The molecule has 4 N–H and O–H groups in total. The molecule has 1 aliphatic heterocycles. The molecule has 4 aliphatic carbocycles. The Morgan fingerprint density at radius 3 is 2.34 bits per heavy atom. The summed E-state index contributed by atoms with van der Waals surface area (Å²) in [4.78, 5) is 52.7. The van der Waals surface area contributed by atoms with Gasteiger partial charge >= 0.3 is 0 Å². The number of fused-ring (bicyclic) bond motifs is 5. The minimum atomic E-state index is -0.276. The molecule has 5 fully saturated rings. The van der Waals surface area contributed by atoms with Crippen LogP contribution in [0.5, 0.6) is 0 Å². The molecule has 312 valence electrons. The molecule has 11 atom stereocenters. The van der Waals surface area contributed by atoms with Gasteiger partial charge in [0, 0.05) is 51.5 Å². The number of rotatable bonds is 16. The minimum Gasteiger partial charge on any atom is -0.445 e. The summed E-state index contributed by atoms with van der Waals surface area (Å²) in [6.45, 7) is 15.0. The van der Waals surface area contributed by atoms with Crippen LogP contribution in [0.25, 0.3) is 0 Å². The van der Waals surface area contributed by atoms with Crippen LogP contribution in [0.3, 0.4) is 0 Å². The van der Waals surface area contributed by atoms with Gasteiger partial charge in [0.15, 0.2) is 0 Å². The highest BCUT2D eigenvalue weighted by atomic mass is 16.4. The van der Waals surface area contributed by atoms with E-state index in [0.29, 0.717) is 86.2 Å².